The molecule has 128 valence electrons. The number of piperazine rings is 1. The lowest BCUT2D eigenvalue weighted by molar-refractivity contribution is -0.131. The van der Waals surface area contributed by atoms with Gasteiger partial charge in [0.1, 0.15) is 0 Å². The Morgan fingerprint density at radius 3 is 2.33 bits per heavy atom. The Morgan fingerprint density at radius 2 is 1.71 bits per heavy atom. The second-order valence-corrected chi connectivity index (χ2v) is 6.80. The van der Waals surface area contributed by atoms with Crippen LogP contribution in [0.2, 0.25) is 5.02 Å². The highest BCUT2D eigenvalue weighted by atomic mass is 35.5. The monoisotopic (exact) mass is 345 g/mol. The molecule has 1 aliphatic rings. The fourth-order valence-electron chi connectivity index (χ4n) is 3.30. The van der Waals surface area contributed by atoms with E-state index < -0.39 is 0 Å². The number of nitrogens with zero attached hydrogens (tertiary/aromatic N) is 3. The molecule has 2 aromatic rings. The maximum absolute atomic E-state index is 12.5. The summed E-state index contributed by atoms with van der Waals surface area (Å²) in [5, 5.41) is 0.753. The van der Waals surface area contributed by atoms with Crippen molar-refractivity contribution in [2.45, 2.75) is 26.8 Å². The number of halogens is 1. The van der Waals surface area contributed by atoms with E-state index in [4.69, 9.17) is 11.6 Å². The minimum absolute atomic E-state index is 0.244. The molecule has 0 radical (unpaired) electrons. The van der Waals surface area contributed by atoms with E-state index in [1.54, 1.807) is 0 Å². The maximum atomic E-state index is 12.5. The van der Waals surface area contributed by atoms with E-state index in [9.17, 15) is 4.79 Å². The summed E-state index contributed by atoms with van der Waals surface area (Å²) in [7, 11) is 0. The van der Waals surface area contributed by atoms with E-state index in [1.807, 2.05) is 23.1 Å². The van der Waals surface area contributed by atoms with Crippen molar-refractivity contribution in [2.75, 3.05) is 31.1 Å². The summed E-state index contributed by atoms with van der Waals surface area (Å²) >= 11 is 6.07. The lowest BCUT2D eigenvalue weighted by Crippen LogP contribution is -2.49. The van der Waals surface area contributed by atoms with Gasteiger partial charge in [0.05, 0.1) is 0 Å². The molecular formula is C19H24ClN3O. The van der Waals surface area contributed by atoms with Gasteiger partial charge in [-0.3, -0.25) is 4.79 Å². The molecule has 1 saturated heterocycles. The SMILES string of the molecule is Cc1ccc(C)n1CCC(=O)N1CCN(c2cccc(Cl)c2)CC1. The topological polar surface area (TPSA) is 28.5 Å². The summed E-state index contributed by atoms with van der Waals surface area (Å²) in [5.74, 6) is 0.244. The van der Waals surface area contributed by atoms with Crippen LogP contribution in [0, 0.1) is 13.8 Å². The maximum Gasteiger partial charge on any atom is 0.224 e. The van der Waals surface area contributed by atoms with E-state index >= 15 is 0 Å². The van der Waals surface area contributed by atoms with Crippen LogP contribution in [-0.2, 0) is 11.3 Å². The zero-order valence-corrected chi connectivity index (χ0v) is 15.1. The molecule has 0 aliphatic carbocycles. The van der Waals surface area contributed by atoms with Crippen molar-refractivity contribution >= 4 is 23.2 Å². The minimum Gasteiger partial charge on any atom is -0.368 e. The van der Waals surface area contributed by atoms with Gasteiger partial charge in [0, 0.05) is 61.2 Å². The third-order valence-corrected chi connectivity index (χ3v) is 5.01. The van der Waals surface area contributed by atoms with E-state index in [0.717, 1.165) is 43.4 Å². The fourth-order valence-corrected chi connectivity index (χ4v) is 3.49. The van der Waals surface area contributed by atoms with Crippen LogP contribution < -0.4 is 4.90 Å². The molecular weight excluding hydrogens is 322 g/mol. The van der Waals surface area contributed by atoms with Crippen LogP contribution in [0.1, 0.15) is 17.8 Å². The number of rotatable bonds is 4. The summed E-state index contributed by atoms with van der Waals surface area (Å²) in [6.07, 6.45) is 0.563. The lowest BCUT2D eigenvalue weighted by Gasteiger charge is -2.36. The average molecular weight is 346 g/mol. The van der Waals surface area contributed by atoms with Gasteiger partial charge in [0.15, 0.2) is 0 Å². The number of aromatic nitrogens is 1. The molecule has 1 aromatic heterocycles. The number of carbonyl (C=O) groups is 1. The second kappa shape index (κ2) is 7.31. The summed E-state index contributed by atoms with van der Waals surface area (Å²) in [6, 6.07) is 12.1. The van der Waals surface area contributed by atoms with Gasteiger partial charge in [-0.05, 0) is 44.2 Å². The van der Waals surface area contributed by atoms with E-state index in [0.29, 0.717) is 6.42 Å². The van der Waals surface area contributed by atoms with E-state index in [-0.39, 0.29) is 5.91 Å². The first-order valence-corrected chi connectivity index (χ1v) is 8.83. The number of benzene rings is 1. The van der Waals surface area contributed by atoms with Gasteiger partial charge < -0.3 is 14.4 Å². The van der Waals surface area contributed by atoms with Crippen LogP contribution in [0.4, 0.5) is 5.69 Å². The van der Waals surface area contributed by atoms with Crippen molar-refractivity contribution in [3.05, 3.63) is 52.8 Å². The number of hydrogen-bond donors (Lipinski definition) is 0. The number of anilines is 1. The van der Waals surface area contributed by atoms with Crippen LogP contribution >= 0.6 is 11.6 Å². The third-order valence-electron chi connectivity index (χ3n) is 4.77. The van der Waals surface area contributed by atoms with Gasteiger partial charge in [0.2, 0.25) is 5.91 Å². The molecule has 0 spiro atoms. The highest BCUT2D eigenvalue weighted by molar-refractivity contribution is 6.30. The molecule has 1 aliphatic heterocycles. The third kappa shape index (κ3) is 3.75. The van der Waals surface area contributed by atoms with Crippen LogP contribution in [0.25, 0.3) is 0 Å². The first-order chi connectivity index (χ1) is 11.5. The zero-order valence-electron chi connectivity index (χ0n) is 14.3. The number of aryl methyl sites for hydroxylation is 2. The standard InChI is InChI=1S/C19H24ClN3O/c1-15-6-7-16(2)23(15)9-8-19(24)22-12-10-21(11-13-22)18-5-3-4-17(20)14-18/h3-7,14H,8-13H2,1-2H3. The summed E-state index contributed by atoms with van der Waals surface area (Å²) < 4.78 is 2.21. The molecule has 1 fully saturated rings. The van der Waals surface area contributed by atoms with Gasteiger partial charge in [-0.25, -0.2) is 0 Å². The minimum atomic E-state index is 0.244. The first kappa shape index (κ1) is 16.9. The van der Waals surface area contributed by atoms with Crippen LogP contribution in [0.15, 0.2) is 36.4 Å². The predicted molar refractivity (Wildman–Crippen MR) is 98.8 cm³/mol. The molecule has 5 heteroatoms. The molecule has 0 N–H and O–H groups in total. The summed E-state index contributed by atoms with van der Waals surface area (Å²) in [6.45, 7) is 8.19. The molecule has 3 rings (SSSR count). The van der Waals surface area contributed by atoms with Crippen LogP contribution in [0.3, 0.4) is 0 Å². The average Bonchev–Trinajstić information content (AvgIpc) is 2.91. The van der Waals surface area contributed by atoms with Gasteiger partial charge in [-0.15, -0.1) is 0 Å². The quantitative estimate of drug-likeness (QED) is 0.848. The second-order valence-electron chi connectivity index (χ2n) is 6.37. The molecule has 0 atom stereocenters. The van der Waals surface area contributed by atoms with Crippen molar-refractivity contribution in [2.24, 2.45) is 0 Å². The van der Waals surface area contributed by atoms with Gasteiger partial charge in [-0.2, -0.15) is 0 Å². The number of hydrogen-bond acceptors (Lipinski definition) is 2. The molecule has 4 nitrogen and oxygen atoms in total. The van der Waals surface area contributed by atoms with Gasteiger partial charge in [0.25, 0.3) is 0 Å². The Bertz CT molecular complexity index is 698. The number of amides is 1. The zero-order chi connectivity index (χ0) is 17.1. The summed E-state index contributed by atoms with van der Waals surface area (Å²) in [4.78, 5) is 16.8. The van der Waals surface area contributed by atoms with Crippen molar-refractivity contribution < 1.29 is 4.79 Å². The highest BCUT2D eigenvalue weighted by Crippen LogP contribution is 2.21. The predicted octanol–water partition coefficient (Wildman–Crippen LogP) is 3.50. The van der Waals surface area contributed by atoms with Crippen LogP contribution in [0.5, 0.6) is 0 Å². The Kier molecular flexibility index (Phi) is 5.14. The lowest BCUT2D eigenvalue weighted by atomic mass is 10.2. The Labute approximate surface area is 148 Å². The van der Waals surface area contributed by atoms with E-state index in [1.165, 1.54) is 11.4 Å². The fraction of sp³-hybridized carbons (Fsp3) is 0.421. The molecule has 1 amide bonds. The number of carbonyl (C=O) groups excluding carboxylic acids is 1. The van der Waals surface area contributed by atoms with Crippen molar-refractivity contribution in [3.63, 3.8) is 0 Å². The largest absolute Gasteiger partial charge is 0.368 e. The first-order valence-electron chi connectivity index (χ1n) is 8.45. The molecule has 1 aromatic carbocycles. The molecule has 0 unspecified atom stereocenters. The Hall–Kier alpha value is -1.94. The van der Waals surface area contributed by atoms with E-state index in [2.05, 4.69) is 41.5 Å². The van der Waals surface area contributed by atoms with Crippen molar-refractivity contribution in [1.29, 1.82) is 0 Å². The van der Waals surface area contributed by atoms with Crippen molar-refractivity contribution in [1.82, 2.24) is 9.47 Å². The molecule has 0 saturated carbocycles. The van der Waals surface area contributed by atoms with Gasteiger partial charge in [-0.1, -0.05) is 17.7 Å². The Morgan fingerprint density at radius 1 is 1.04 bits per heavy atom. The molecule has 24 heavy (non-hydrogen) atoms. The highest BCUT2D eigenvalue weighted by Gasteiger charge is 2.21. The molecule has 2 heterocycles. The van der Waals surface area contributed by atoms with Crippen molar-refractivity contribution in [3.8, 4) is 0 Å². The smallest absolute Gasteiger partial charge is 0.224 e. The van der Waals surface area contributed by atoms with Crippen LogP contribution in [-0.4, -0.2) is 41.6 Å². The normalized spacial score (nSPS) is 15.0. The summed E-state index contributed by atoms with van der Waals surface area (Å²) in [5.41, 5.74) is 3.56. The Balaban J connectivity index is 1.52. The van der Waals surface area contributed by atoms with Gasteiger partial charge >= 0.3 is 0 Å². The molecule has 0 bridgehead atoms.